The van der Waals surface area contributed by atoms with E-state index in [4.69, 9.17) is 16.3 Å². The first-order valence-electron chi connectivity index (χ1n) is 7.51. The van der Waals surface area contributed by atoms with Gasteiger partial charge >= 0.3 is 0 Å². The Bertz CT molecular complexity index is 763. The Balaban J connectivity index is 1.98. The molecule has 25 heavy (non-hydrogen) atoms. The lowest BCUT2D eigenvalue weighted by molar-refractivity contribution is -0.384. The number of amides is 1. The maximum Gasteiger partial charge on any atom is 0.270 e. The summed E-state index contributed by atoms with van der Waals surface area (Å²) in [5.41, 5.74) is 0.709. The number of rotatable bonds is 7. The Morgan fingerprint density at radius 2 is 1.92 bits per heavy atom. The third-order valence-corrected chi connectivity index (χ3v) is 3.64. The summed E-state index contributed by atoms with van der Waals surface area (Å²) < 4.78 is 5.49. The number of nitrogens with zero attached hydrogens (tertiary/aromatic N) is 2. The maximum atomic E-state index is 12.4. The third kappa shape index (κ3) is 5.09. The molecule has 0 aliphatic heterocycles. The van der Waals surface area contributed by atoms with E-state index in [1.165, 1.54) is 12.1 Å². The predicted octanol–water partition coefficient (Wildman–Crippen LogP) is 3.12. The zero-order chi connectivity index (χ0) is 18.4. The number of carbonyl (C=O) groups excluding carboxylic acids is 1. The van der Waals surface area contributed by atoms with Crippen LogP contribution in [-0.2, 0) is 0 Å². The first-order valence-corrected chi connectivity index (χ1v) is 7.88. The van der Waals surface area contributed by atoms with Gasteiger partial charge in [-0.25, -0.2) is 0 Å². The topological polar surface area (TPSA) is 84.7 Å². The van der Waals surface area contributed by atoms with Gasteiger partial charge in [0, 0.05) is 36.9 Å². The van der Waals surface area contributed by atoms with E-state index in [2.05, 4.69) is 5.32 Å². The van der Waals surface area contributed by atoms with Crippen molar-refractivity contribution in [2.75, 3.05) is 32.1 Å². The number of hydrogen-bond acceptors (Lipinski definition) is 5. The van der Waals surface area contributed by atoms with Crippen molar-refractivity contribution in [3.63, 3.8) is 0 Å². The molecule has 0 aromatic heterocycles. The quantitative estimate of drug-likeness (QED) is 0.464. The van der Waals surface area contributed by atoms with Gasteiger partial charge in [-0.1, -0.05) is 11.6 Å². The molecule has 0 bridgehead atoms. The van der Waals surface area contributed by atoms with E-state index >= 15 is 0 Å². The lowest BCUT2D eigenvalue weighted by Crippen LogP contribution is -2.29. The normalized spacial score (nSPS) is 10.2. The Morgan fingerprint density at radius 3 is 2.52 bits per heavy atom. The highest BCUT2D eigenvalue weighted by Gasteiger charge is 2.17. The van der Waals surface area contributed by atoms with E-state index < -0.39 is 10.8 Å². The van der Waals surface area contributed by atoms with Crippen LogP contribution >= 0.6 is 11.6 Å². The van der Waals surface area contributed by atoms with Gasteiger partial charge in [-0.2, -0.15) is 0 Å². The van der Waals surface area contributed by atoms with E-state index in [-0.39, 0.29) is 24.4 Å². The third-order valence-electron chi connectivity index (χ3n) is 3.39. The van der Waals surface area contributed by atoms with Crippen molar-refractivity contribution >= 4 is 28.9 Å². The Hall–Kier alpha value is -2.80. The second-order valence-electron chi connectivity index (χ2n) is 5.41. The molecule has 2 aromatic carbocycles. The monoisotopic (exact) mass is 363 g/mol. The molecule has 0 saturated heterocycles. The summed E-state index contributed by atoms with van der Waals surface area (Å²) in [5.74, 6) is 0.245. The molecular formula is C17H18ClN3O4. The maximum absolute atomic E-state index is 12.4. The Kier molecular flexibility index (Phi) is 6.19. The number of nitrogens with one attached hydrogen (secondary N) is 1. The van der Waals surface area contributed by atoms with Gasteiger partial charge in [-0.05, 0) is 30.3 Å². The van der Waals surface area contributed by atoms with Crippen molar-refractivity contribution in [3.05, 3.63) is 63.2 Å². The fraction of sp³-hybridized carbons (Fsp3) is 0.235. The number of hydrogen-bond donors (Lipinski definition) is 1. The molecule has 132 valence electrons. The summed E-state index contributed by atoms with van der Waals surface area (Å²) in [5, 5.41) is 14.2. The number of non-ortho nitro benzene ring substituents is 1. The molecule has 0 fully saturated rings. The van der Waals surface area contributed by atoms with Crippen LogP contribution in [0.15, 0.2) is 42.5 Å². The fourth-order valence-electron chi connectivity index (χ4n) is 2.17. The van der Waals surface area contributed by atoms with Crippen molar-refractivity contribution in [3.8, 4) is 5.75 Å². The smallest absolute Gasteiger partial charge is 0.270 e. The van der Waals surface area contributed by atoms with Crippen molar-refractivity contribution in [2.24, 2.45) is 0 Å². The van der Waals surface area contributed by atoms with Crippen molar-refractivity contribution in [1.29, 1.82) is 0 Å². The number of nitro groups is 1. The van der Waals surface area contributed by atoms with Crippen LogP contribution in [0.3, 0.4) is 0 Å². The average molecular weight is 364 g/mol. The number of nitro benzene ring substituents is 1. The summed E-state index contributed by atoms with van der Waals surface area (Å²) in [7, 11) is 3.53. The van der Waals surface area contributed by atoms with Gasteiger partial charge < -0.3 is 15.0 Å². The van der Waals surface area contributed by atoms with E-state index in [9.17, 15) is 14.9 Å². The molecule has 0 aliphatic rings. The van der Waals surface area contributed by atoms with Crippen LogP contribution in [0.5, 0.6) is 5.75 Å². The highest BCUT2D eigenvalue weighted by molar-refractivity contribution is 6.30. The molecule has 2 rings (SSSR count). The summed E-state index contributed by atoms with van der Waals surface area (Å²) in [6, 6.07) is 11.1. The Morgan fingerprint density at radius 1 is 1.24 bits per heavy atom. The average Bonchev–Trinajstić information content (AvgIpc) is 2.59. The minimum Gasteiger partial charge on any atom is -0.492 e. The van der Waals surface area contributed by atoms with E-state index in [1.54, 1.807) is 49.3 Å². The summed E-state index contributed by atoms with van der Waals surface area (Å²) in [6.45, 7) is 0.524. The molecule has 0 atom stereocenters. The van der Waals surface area contributed by atoms with Crippen LogP contribution < -0.4 is 15.0 Å². The van der Waals surface area contributed by atoms with Crippen LogP contribution in [0, 0.1) is 10.1 Å². The van der Waals surface area contributed by atoms with Gasteiger partial charge in [0.2, 0.25) is 0 Å². The van der Waals surface area contributed by atoms with Crippen molar-refractivity contribution in [2.45, 2.75) is 0 Å². The molecule has 0 heterocycles. The molecule has 1 N–H and O–H groups in total. The number of halogens is 1. The van der Waals surface area contributed by atoms with Crippen LogP contribution in [-0.4, -0.2) is 38.1 Å². The standard InChI is InChI=1S/C17H18ClN3O4/c1-20(2)16-8-5-13(21(23)24)11-15(16)17(22)19-9-10-25-14-6-3-12(18)4-7-14/h3-8,11H,9-10H2,1-2H3,(H,19,22). The minimum absolute atomic E-state index is 0.131. The number of anilines is 1. The fourth-order valence-corrected chi connectivity index (χ4v) is 2.29. The molecule has 0 aliphatic carbocycles. The molecule has 1 amide bonds. The molecule has 0 spiro atoms. The van der Waals surface area contributed by atoms with Gasteiger partial charge in [0.15, 0.2) is 0 Å². The summed E-state index contributed by atoms with van der Waals surface area (Å²) in [6.07, 6.45) is 0. The second-order valence-corrected chi connectivity index (χ2v) is 5.85. The first-order chi connectivity index (χ1) is 11.9. The van der Waals surface area contributed by atoms with Gasteiger partial charge in [0.25, 0.3) is 11.6 Å². The molecule has 0 saturated carbocycles. The van der Waals surface area contributed by atoms with Crippen LogP contribution in [0.1, 0.15) is 10.4 Å². The summed E-state index contributed by atoms with van der Waals surface area (Å²) >= 11 is 5.79. The van der Waals surface area contributed by atoms with Gasteiger partial charge in [-0.3, -0.25) is 14.9 Å². The van der Waals surface area contributed by atoms with Crippen LogP contribution in [0.25, 0.3) is 0 Å². The van der Waals surface area contributed by atoms with Crippen molar-refractivity contribution < 1.29 is 14.5 Å². The largest absolute Gasteiger partial charge is 0.492 e. The highest BCUT2D eigenvalue weighted by Crippen LogP contribution is 2.24. The SMILES string of the molecule is CN(C)c1ccc([N+](=O)[O-])cc1C(=O)NCCOc1ccc(Cl)cc1. The van der Waals surface area contributed by atoms with Crippen LogP contribution in [0.4, 0.5) is 11.4 Å². The number of ether oxygens (including phenoxy) is 1. The zero-order valence-corrected chi connectivity index (χ0v) is 14.6. The second kappa shape index (κ2) is 8.34. The highest BCUT2D eigenvalue weighted by atomic mass is 35.5. The predicted molar refractivity (Wildman–Crippen MR) is 96.7 cm³/mol. The van der Waals surface area contributed by atoms with Gasteiger partial charge in [-0.15, -0.1) is 0 Å². The van der Waals surface area contributed by atoms with E-state index in [1.807, 2.05) is 0 Å². The number of carbonyl (C=O) groups is 1. The Labute approximate surface area is 150 Å². The summed E-state index contributed by atoms with van der Waals surface area (Å²) in [4.78, 5) is 24.5. The molecule has 7 nitrogen and oxygen atoms in total. The van der Waals surface area contributed by atoms with Gasteiger partial charge in [0.1, 0.15) is 12.4 Å². The van der Waals surface area contributed by atoms with Gasteiger partial charge in [0.05, 0.1) is 17.0 Å². The van der Waals surface area contributed by atoms with Crippen LogP contribution in [0.2, 0.25) is 5.02 Å². The lowest BCUT2D eigenvalue weighted by Gasteiger charge is -2.17. The molecular weight excluding hydrogens is 346 g/mol. The molecule has 8 heteroatoms. The number of benzene rings is 2. The van der Waals surface area contributed by atoms with E-state index in [0.717, 1.165) is 0 Å². The molecule has 0 unspecified atom stereocenters. The van der Waals surface area contributed by atoms with Crippen molar-refractivity contribution in [1.82, 2.24) is 5.32 Å². The lowest BCUT2D eigenvalue weighted by atomic mass is 10.1. The van der Waals surface area contributed by atoms with E-state index in [0.29, 0.717) is 16.5 Å². The minimum atomic E-state index is -0.528. The zero-order valence-electron chi connectivity index (χ0n) is 13.9. The molecule has 0 radical (unpaired) electrons. The first kappa shape index (κ1) is 18.5. The molecule has 2 aromatic rings.